The molecule has 23 heavy (non-hydrogen) atoms. The van der Waals surface area contributed by atoms with Crippen molar-refractivity contribution >= 4 is 0 Å². The Hall–Kier alpha value is -0.160. The van der Waals surface area contributed by atoms with Crippen molar-refractivity contribution in [1.29, 1.82) is 0 Å². The van der Waals surface area contributed by atoms with Gasteiger partial charge in [-0.25, -0.2) is 0 Å². The molecule has 0 amide bonds. The molecule has 0 bridgehead atoms. The summed E-state index contributed by atoms with van der Waals surface area (Å²) in [5.41, 5.74) is 0.0100. The second-order valence-corrected chi connectivity index (χ2v) is 7.93. The molecule has 0 saturated carbocycles. The summed E-state index contributed by atoms with van der Waals surface area (Å²) in [5.74, 6) is 0. The summed E-state index contributed by atoms with van der Waals surface area (Å²) in [6.45, 7) is 12.4. The Balaban J connectivity index is 2.35. The molecule has 0 spiro atoms. The summed E-state index contributed by atoms with van der Waals surface area (Å²) in [6, 6.07) is 0. The number of aliphatic hydroxyl groups excluding tert-OH is 1. The lowest BCUT2D eigenvalue weighted by molar-refractivity contribution is 0.101. The van der Waals surface area contributed by atoms with Crippen molar-refractivity contribution in [2.24, 2.45) is 5.41 Å². The molecule has 4 heteroatoms. The van der Waals surface area contributed by atoms with Gasteiger partial charge in [0.1, 0.15) is 0 Å². The highest BCUT2D eigenvalue weighted by Crippen LogP contribution is 2.17. The van der Waals surface area contributed by atoms with E-state index in [0.717, 1.165) is 32.7 Å². The maximum Gasteiger partial charge on any atom is 0.0494 e. The van der Waals surface area contributed by atoms with Gasteiger partial charge in [0.2, 0.25) is 0 Å². The summed E-state index contributed by atoms with van der Waals surface area (Å²) in [7, 11) is 0. The van der Waals surface area contributed by atoms with Gasteiger partial charge in [-0.3, -0.25) is 0 Å². The van der Waals surface area contributed by atoms with Crippen LogP contribution in [0.15, 0.2) is 0 Å². The summed E-state index contributed by atoms with van der Waals surface area (Å²) < 4.78 is 0. The first-order valence-corrected chi connectivity index (χ1v) is 9.89. The van der Waals surface area contributed by atoms with Crippen LogP contribution >= 0.6 is 0 Å². The van der Waals surface area contributed by atoms with Crippen molar-refractivity contribution in [2.45, 2.75) is 65.2 Å². The maximum atomic E-state index is 9.54. The van der Waals surface area contributed by atoms with Crippen molar-refractivity contribution < 1.29 is 5.11 Å². The highest BCUT2D eigenvalue weighted by molar-refractivity contribution is 4.73. The van der Waals surface area contributed by atoms with Crippen LogP contribution in [0.4, 0.5) is 0 Å². The second-order valence-electron chi connectivity index (χ2n) is 7.93. The van der Waals surface area contributed by atoms with Gasteiger partial charge in [-0.1, -0.05) is 46.0 Å². The Labute approximate surface area is 144 Å². The molecule has 1 aliphatic heterocycles. The Bertz CT molecular complexity index is 253. The van der Waals surface area contributed by atoms with E-state index in [1.54, 1.807) is 0 Å². The predicted molar refractivity (Wildman–Crippen MR) is 100.0 cm³/mol. The molecular weight excluding hydrogens is 286 g/mol. The number of aliphatic hydroxyl groups is 1. The van der Waals surface area contributed by atoms with Crippen LogP contribution < -0.4 is 10.6 Å². The fourth-order valence-electron chi connectivity index (χ4n) is 3.25. The van der Waals surface area contributed by atoms with E-state index in [-0.39, 0.29) is 12.0 Å². The number of nitrogens with zero attached hydrogens (tertiary/aromatic N) is 1. The van der Waals surface area contributed by atoms with Gasteiger partial charge in [-0.2, -0.15) is 0 Å². The van der Waals surface area contributed by atoms with E-state index in [4.69, 9.17) is 0 Å². The Morgan fingerprint density at radius 2 is 1.26 bits per heavy atom. The molecule has 0 aromatic rings. The molecule has 1 fully saturated rings. The predicted octanol–water partition coefficient (Wildman–Crippen LogP) is 2.62. The van der Waals surface area contributed by atoms with Gasteiger partial charge in [0.15, 0.2) is 0 Å². The summed E-state index contributed by atoms with van der Waals surface area (Å²) >= 11 is 0. The van der Waals surface area contributed by atoms with Crippen LogP contribution in [0.3, 0.4) is 0 Å². The van der Waals surface area contributed by atoms with Crippen LogP contribution in [0.1, 0.15) is 65.2 Å². The van der Waals surface area contributed by atoms with Crippen molar-refractivity contribution in [2.75, 3.05) is 52.4 Å². The molecular formula is C19H41N3O. The number of rotatable bonds is 3. The lowest BCUT2D eigenvalue weighted by atomic mass is 9.94. The third kappa shape index (κ3) is 11.9. The Morgan fingerprint density at radius 1 is 0.739 bits per heavy atom. The molecule has 4 nitrogen and oxygen atoms in total. The summed E-state index contributed by atoms with van der Waals surface area (Å²) in [5, 5.41) is 16.6. The number of hydrogen-bond donors (Lipinski definition) is 3. The largest absolute Gasteiger partial charge is 0.396 e. The van der Waals surface area contributed by atoms with Crippen LogP contribution in [-0.4, -0.2) is 62.4 Å². The van der Waals surface area contributed by atoms with Gasteiger partial charge in [-0.15, -0.1) is 0 Å². The first kappa shape index (κ1) is 20.9. The van der Waals surface area contributed by atoms with Crippen LogP contribution in [0, 0.1) is 5.41 Å². The molecule has 0 unspecified atom stereocenters. The average Bonchev–Trinajstić information content (AvgIpc) is 2.53. The highest BCUT2D eigenvalue weighted by atomic mass is 16.3. The zero-order valence-corrected chi connectivity index (χ0v) is 15.7. The zero-order valence-electron chi connectivity index (χ0n) is 15.7. The van der Waals surface area contributed by atoms with Crippen LogP contribution in [-0.2, 0) is 0 Å². The van der Waals surface area contributed by atoms with E-state index >= 15 is 0 Å². The van der Waals surface area contributed by atoms with Crippen LogP contribution in [0.2, 0.25) is 0 Å². The van der Waals surface area contributed by atoms with Gasteiger partial charge in [0, 0.05) is 31.7 Å². The Kier molecular flexibility index (Phi) is 12.0. The first-order valence-electron chi connectivity index (χ1n) is 9.89. The monoisotopic (exact) mass is 327 g/mol. The van der Waals surface area contributed by atoms with E-state index in [2.05, 4.69) is 29.4 Å². The standard InChI is InChI=1S/C19H41N3O/c1-19(2,18-23)17-22-15-9-7-5-3-4-6-8-11-20-13-14-21-12-10-16-22/h20-21,23H,3-18H2,1-2H3. The van der Waals surface area contributed by atoms with Gasteiger partial charge in [0.25, 0.3) is 0 Å². The SMILES string of the molecule is CC(C)(CO)CN1CCCCCCCCCNCCNCCC1. The molecule has 0 atom stereocenters. The topological polar surface area (TPSA) is 47.5 Å². The van der Waals surface area contributed by atoms with Crippen molar-refractivity contribution in [3.05, 3.63) is 0 Å². The maximum absolute atomic E-state index is 9.54. The molecule has 0 aromatic carbocycles. The van der Waals surface area contributed by atoms with Gasteiger partial charge in [0.05, 0.1) is 0 Å². The van der Waals surface area contributed by atoms with Crippen molar-refractivity contribution in [3.8, 4) is 0 Å². The minimum absolute atomic E-state index is 0.0100. The Morgan fingerprint density at radius 3 is 1.91 bits per heavy atom. The summed E-state index contributed by atoms with van der Waals surface area (Å²) in [4.78, 5) is 2.56. The molecule has 1 rings (SSSR count). The van der Waals surface area contributed by atoms with E-state index in [0.29, 0.717) is 0 Å². The zero-order chi connectivity index (χ0) is 16.8. The average molecular weight is 328 g/mol. The van der Waals surface area contributed by atoms with Crippen molar-refractivity contribution in [3.63, 3.8) is 0 Å². The molecule has 1 aliphatic rings. The molecule has 0 radical (unpaired) electrons. The molecule has 0 aliphatic carbocycles. The molecule has 1 heterocycles. The quantitative estimate of drug-likeness (QED) is 0.746. The normalized spacial score (nSPS) is 22.6. The van der Waals surface area contributed by atoms with E-state index in [9.17, 15) is 5.11 Å². The number of hydrogen-bond acceptors (Lipinski definition) is 4. The molecule has 0 aromatic heterocycles. The minimum atomic E-state index is 0.0100. The van der Waals surface area contributed by atoms with Crippen LogP contribution in [0.25, 0.3) is 0 Å². The van der Waals surface area contributed by atoms with E-state index in [1.165, 1.54) is 64.5 Å². The molecule has 3 N–H and O–H groups in total. The fraction of sp³-hybridized carbons (Fsp3) is 1.00. The second kappa shape index (κ2) is 13.2. The van der Waals surface area contributed by atoms with Gasteiger partial charge in [-0.05, 0) is 45.4 Å². The van der Waals surface area contributed by atoms with Crippen molar-refractivity contribution in [1.82, 2.24) is 15.5 Å². The minimum Gasteiger partial charge on any atom is -0.396 e. The first-order chi connectivity index (χ1) is 11.1. The lowest BCUT2D eigenvalue weighted by Gasteiger charge is -2.31. The van der Waals surface area contributed by atoms with E-state index in [1.807, 2.05) is 0 Å². The lowest BCUT2D eigenvalue weighted by Crippen LogP contribution is -2.38. The smallest absolute Gasteiger partial charge is 0.0494 e. The third-order valence-corrected chi connectivity index (χ3v) is 4.71. The number of nitrogens with one attached hydrogen (secondary N) is 2. The fourth-order valence-corrected chi connectivity index (χ4v) is 3.25. The molecule has 138 valence electrons. The van der Waals surface area contributed by atoms with Gasteiger partial charge < -0.3 is 20.6 Å². The third-order valence-electron chi connectivity index (χ3n) is 4.71. The van der Waals surface area contributed by atoms with Crippen LogP contribution in [0.5, 0.6) is 0 Å². The molecule has 1 saturated heterocycles. The van der Waals surface area contributed by atoms with E-state index < -0.39 is 0 Å². The highest BCUT2D eigenvalue weighted by Gasteiger charge is 2.20. The summed E-state index contributed by atoms with van der Waals surface area (Å²) in [6.07, 6.45) is 10.7. The van der Waals surface area contributed by atoms with Gasteiger partial charge >= 0.3 is 0 Å².